The Morgan fingerprint density at radius 1 is 0.774 bits per heavy atom. The van der Waals surface area contributed by atoms with Crippen molar-refractivity contribution in [2.24, 2.45) is 0 Å². The number of hydrogen-bond donors (Lipinski definition) is 0. The number of halogens is 2. The number of rotatable bonds is 4. The molecular weight excluding hydrogens is 530 g/mol. The molecule has 7 nitrogen and oxygen atoms in total. The lowest BCUT2D eigenvalue weighted by atomic mass is 9.96. The number of nitrogens with zero attached hydrogens (tertiary/aromatic N) is 3. The molecule has 2 saturated heterocycles. The number of hydrogen-bond acceptors (Lipinski definition) is 5. The maximum absolute atomic E-state index is 12.5. The minimum absolute atomic E-state index is 0.0427. The van der Waals surface area contributed by atoms with Gasteiger partial charge in [-0.25, -0.2) is 4.79 Å². The van der Waals surface area contributed by atoms with Crippen LogP contribution in [0, 0.1) is 0 Å². The fourth-order valence-corrected chi connectivity index (χ4v) is 4.39. The molecule has 0 spiro atoms. The predicted octanol–water partition coefficient (Wildman–Crippen LogP) is 4.12. The van der Waals surface area contributed by atoms with Crippen LogP contribution < -0.4 is 0 Å². The van der Waals surface area contributed by atoms with Gasteiger partial charge in [-0.1, -0.05) is 56.1 Å². The molecule has 2 aliphatic rings. The minimum atomic E-state index is -0.660. The topological polar surface area (TPSA) is 70.2 Å². The fourth-order valence-electron chi connectivity index (χ4n) is 3.86. The number of carbonyl (C=O) groups excluding carboxylic acids is 3. The first-order valence-corrected chi connectivity index (χ1v) is 11.6. The van der Waals surface area contributed by atoms with E-state index in [1.165, 1.54) is 4.90 Å². The Labute approximate surface area is 197 Å². The van der Waals surface area contributed by atoms with E-state index >= 15 is 0 Å². The number of imide groups is 1. The molecule has 4 rings (SSSR count). The molecule has 0 atom stereocenters. The van der Waals surface area contributed by atoms with Crippen LogP contribution in [0.1, 0.15) is 30.0 Å². The number of amides is 3. The van der Waals surface area contributed by atoms with Crippen molar-refractivity contribution in [3.05, 3.63) is 68.6 Å². The molecule has 2 fully saturated rings. The van der Waals surface area contributed by atoms with Crippen molar-refractivity contribution < 1.29 is 19.2 Å². The third kappa shape index (κ3) is 4.99. The van der Waals surface area contributed by atoms with Gasteiger partial charge in [0.2, 0.25) is 0 Å². The van der Waals surface area contributed by atoms with Crippen molar-refractivity contribution in [3.63, 3.8) is 0 Å². The molecule has 2 aromatic carbocycles. The second-order valence-corrected chi connectivity index (χ2v) is 9.30. The summed E-state index contributed by atoms with van der Waals surface area (Å²) in [5.41, 5.74) is 2.32. The zero-order valence-corrected chi connectivity index (χ0v) is 19.8. The van der Waals surface area contributed by atoms with Crippen LogP contribution >= 0.6 is 31.9 Å². The van der Waals surface area contributed by atoms with Crippen LogP contribution in [0.25, 0.3) is 0 Å². The molecule has 0 aliphatic carbocycles. The number of piperazine rings is 1. The summed E-state index contributed by atoms with van der Waals surface area (Å²) in [5, 5.41) is 0.598. The average Bonchev–Trinajstić information content (AvgIpc) is 3.09. The van der Waals surface area contributed by atoms with Crippen LogP contribution in [0.4, 0.5) is 4.79 Å². The van der Waals surface area contributed by atoms with Gasteiger partial charge in [-0.05, 0) is 35.4 Å². The van der Waals surface area contributed by atoms with Crippen molar-refractivity contribution in [2.75, 3.05) is 26.2 Å². The van der Waals surface area contributed by atoms with Crippen LogP contribution in [0.5, 0.6) is 0 Å². The zero-order chi connectivity index (χ0) is 22.0. The molecule has 3 amide bonds. The summed E-state index contributed by atoms with van der Waals surface area (Å²) in [6.45, 7) is 2.15. The van der Waals surface area contributed by atoms with Crippen LogP contribution in [0.3, 0.4) is 0 Å². The van der Waals surface area contributed by atoms with Gasteiger partial charge in [-0.3, -0.25) is 14.5 Å². The molecule has 31 heavy (non-hydrogen) atoms. The van der Waals surface area contributed by atoms with Gasteiger partial charge in [0.1, 0.15) is 0 Å². The highest BCUT2D eigenvalue weighted by Crippen LogP contribution is 2.31. The van der Waals surface area contributed by atoms with E-state index in [1.807, 2.05) is 24.3 Å². The first-order chi connectivity index (χ1) is 14.9. The summed E-state index contributed by atoms with van der Waals surface area (Å²) in [7, 11) is 0. The molecule has 0 N–H and O–H groups in total. The molecule has 2 heterocycles. The number of benzene rings is 2. The molecule has 0 bridgehead atoms. The van der Waals surface area contributed by atoms with Crippen molar-refractivity contribution in [1.82, 2.24) is 14.9 Å². The lowest BCUT2D eigenvalue weighted by molar-refractivity contribution is -0.174. The summed E-state index contributed by atoms with van der Waals surface area (Å²) < 4.78 is 2.04. The molecule has 0 radical (unpaired) electrons. The van der Waals surface area contributed by atoms with Gasteiger partial charge in [0, 0.05) is 48.0 Å². The Morgan fingerprint density at radius 2 is 1.23 bits per heavy atom. The molecule has 2 aromatic rings. The molecule has 0 aromatic heterocycles. The van der Waals surface area contributed by atoms with Crippen molar-refractivity contribution in [3.8, 4) is 0 Å². The van der Waals surface area contributed by atoms with Gasteiger partial charge in [0.15, 0.2) is 0 Å². The normalized spacial score (nSPS) is 17.5. The number of hydroxylamine groups is 2. The quantitative estimate of drug-likeness (QED) is 0.536. The predicted molar refractivity (Wildman–Crippen MR) is 121 cm³/mol. The lowest BCUT2D eigenvalue weighted by Crippen LogP contribution is -2.51. The monoisotopic (exact) mass is 549 g/mol. The lowest BCUT2D eigenvalue weighted by Gasteiger charge is -2.39. The Morgan fingerprint density at radius 3 is 1.68 bits per heavy atom. The SMILES string of the molecule is O=C(ON1C(=O)CCC1=O)N1CCN(C(c2ccc(Br)cc2)c2ccc(Br)cc2)CC1. The summed E-state index contributed by atoms with van der Waals surface area (Å²) in [4.78, 5) is 44.8. The van der Waals surface area contributed by atoms with Gasteiger partial charge >= 0.3 is 6.09 Å². The first kappa shape index (κ1) is 22.0. The van der Waals surface area contributed by atoms with Crippen molar-refractivity contribution in [1.29, 1.82) is 0 Å². The first-order valence-electron chi connectivity index (χ1n) is 10.00. The van der Waals surface area contributed by atoms with E-state index < -0.39 is 17.9 Å². The fraction of sp³-hybridized carbons (Fsp3) is 0.318. The smallest absolute Gasteiger partial charge is 0.311 e. The number of carbonyl (C=O) groups is 3. The van der Waals surface area contributed by atoms with Crippen LogP contribution in [0.2, 0.25) is 0 Å². The second-order valence-electron chi connectivity index (χ2n) is 7.47. The summed E-state index contributed by atoms with van der Waals surface area (Å²) in [6, 6.07) is 16.5. The van der Waals surface area contributed by atoms with E-state index in [1.54, 1.807) is 0 Å². The summed E-state index contributed by atoms with van der Waals surface area (Å²) >= 11 is 6.99. The zero-order valence-electron chi connectivity index (χ0n) is 16.7. The standard InChI is InChI=1S/C22H21Br2N3O4/c23-17-5-1-15(2-6-17)21(16-3-7-18(24)8-4-16)25-11-13-26(14-12-25)22(30)31-27-19(28)9-10-20(27)29/h1-8,21H,9-14H2. The maximum Gasteiger partial charge on any atom is 0.434 e. The van der Waals surface area contributed by atoms with E-state index in [2.05, 4.69) is 61.0 Å². The van der Waals surface area contributed by atoms with Crippen LogP contribution in [-0.4, -0.2) is 58.9 Å². The van der Waals surface area contributed by atoms with Gasteiger partial charge < -0.3 is 9.74 Å². The van der Waals surface area contributed by atoms with Crippen molar-refractivity contribution >= 4 is 49.8 Å². The van der Waals surface area contributed by atoms with Gasteiger partial charge in [-0.15, -0.1) is 5.06 Å². The highest BCUT2D eigenvalue weighted by molar-refractivity contribution is 9.10. The van der Waals surface area contributed by atoms with E-state index in [4.69, 9.17) is 4.84 Å². The van der Waals surface area contributed by atoms with E-state index in [0.717, 1.165) is 20.1 Å². The summed E-state index contributed by atoms with van der Waals surface area (Å²) in [6.07, 6.45) is -0.490. The molecule has 0 saturated carbocycles. The summed E-state index contributed by atoms with van der Waals surface area (Å²) in [5.74, 6) is -0.940. The Hall–Kier alpha value is -2.23. The largest absolute Gasteiger partial charge is 0.434 e. The second kappa shape index (κ2) is 9.50. The van der Waals surface area contributed by atoms with E-state index in [0.29, 0.717) is 31.2 Å². The van der Waals surface area contributed by atoms with Crippen molar-refractivity contribution in [2.45, 2.75) is 18.9 Å². The highest BCUT2D eigenvalue weighted by Gasteiger charge is 2.35. The highest BCUT2D eigenvalue weighted by atomic mass is 79.9. The van der Waals surface area contributed by atoms with E-state index in [9.17, 15) is 14.4 Å². The van der Waals surface area contributed by atoms with E-state index in [-0.39, 0.29) is 18.9 Å². The average molecular weight is 551 g/mol. The van der Waals surface area contributed by atoms with Crippen LogP contribution in [0.15, 0.2) is 57.5 Å². The molecule has 0 unspecified atom stereocenters. The van der Waals surface area contributed by atoms with Gasteiger partial charge in [-0.2, -0.15) is 0 Å². The van der Waals surface area contributed by atoms with Crippen LogP contribution in [-0.2, 0) is 14.4 Å². The molecule has 2 aliphatic heterocycles. The Balaban J connectivity index is 1.46. The van der Waals surface area contributed by atoms with Gasteiger partial charge in [0.05, 0.1) is 6.04 Å². The molecular formula is C22H21Br2N3O4. The van der Waals surface area contributed by atoms with Gasteiger partial charge in [0.25, 0.3) is 11.8 Å². The molecule has 162 valence electrons. The minimum Gasteiger partial charge on any atom is -0.311 e. The third-order valence-corrected chi connectivity index (χ3v) is 6.54. The maximum atomic E-state index is 12.5. The Bertz CT molecular complexity index is 912. The Kier molecular flexibility index (Phi) is 6.74. The third-order valence-electron chi connectivity index (χ3n) is 5.48. The molecule has 9 heteroatoms.